The highest BCUT2D eigenvalue weighted by molar-refractivity contribution is 9.10. The molecule has 0 unspecified atom stereocenters. The molecular weight excluding hydrogens is 377 g/mol. The largest absolute Gasteiger partial charge is 0.370 e. The van der Waals surface area contributed by atoms with Crippen molar-refractivity contribution >= 4 is 62.4 Å². The number of halogens is 3. The zero-order valence-electron chi connectivity index (χ0n) is 11.3. The van der Waals surface area contributed by atoms with Gasteiger partial charge in [-0.15, -0.1) is 0 Å². The molecule has 2 rings (SSSR count). The summed E-state index contributed by atoms with van der Waals surface area (Å²) >= 11 is 15.6. The van der Waals surface area contributed by atoms with Gasteiger partial charge in [-0.3, -0.25) is 0 Å². The van der Waals surface area contributed by atoms with Gasteiger partial charge in [0.05, 0.1) is 15.7 Å². The summed E-state index contributed by atoms with van der Waals surface area (Å²) in [5.74, 6) is 1.38. The molecule has 8 heteroatoms. The Morgan fingerprint density at radius 2 is 1.90 bits per heavy atom. The van der Waals surface area contributed by atoms with Crippen LogP contribution >= 0.6 is 39.1 Å². The lowest BCUT2D eigenvalue weighted by Gasteiger charge is -2.11. The first-order valence-electron chi connectivity index (χ1n) is 6.30. The summed E-state index contributed by atoms with van der Waals surface area (Å²) in [6.07, 6.45) is 0.987. The van der Waals surface area contributed by atoms with Crippen molar-refractivity contribution in [3.63, 3.8) is 0 Å². The quantitative estimate of drug-likeness (QED) is 0.645. The summed E-state index contributed by atoms with van der Waals surface area (Å²) < 4.78 is 0.729. The predicted molar refractivity (Wildman–Crippen MR) is 92.7 cm³/mol. The van der Waals surface area contributed by atoms with Crippen LogP contribution in [0.15, 0.2) is 22.7 Å². The zero-order valence-corrected chi connectivity index (χ0v) is 14.3. The van der Waals surface area contributed by atoms with Gasteiger partial charge in [-0.1, -0.05) is 30.1 Å². The van der Waals surface area contributed by atoms with Gasteiger partial charge in [0.2, 0.25) is 5.95 Å². The number of nitrogens with two attached hydrogens (primary N) is 1. The molecule has 1 aromatic carbocycles. The van der Waals surface area contributed by atoms with E-state index >= 15 is 0 Å². The Bertz CT molecular complexity index is 651. The summed E-state index contributed by atoms with van der Waals surface area (Å²) in [7, 11) is 0. The number of hydrogen-bond donors (Lipinski definition) is 3. The molecule has 0 saturated heterocycles. The number of anilines is 4. The van der Waals surface area contributed by atoms with Crippen LogP contribution in [0, 0.1) is 0 Å². The maximum atomic E-state index is 6.20. The fraction of sp³-hybridized carbons (Fsp3) is 0.231. The van der Waals surface area contributed by atoms with Crippen LogP contribution < -0.4 is 16.4 Å². The molecule has 0 aliphatic heterocycles. The number of rotatable bonds is 5. The maximum absolute atomic E-state index is 6.20. The highest BCUT2D eigenvalue weighted by Gasteiger charge is 2.10. The first-order chi connectivity index (χ1) is 10.0. The van der Waals surface area contributed by atoms with Crippen molar-refractivity contribution in [2.45, 2.75) is 13.3 Å². The van der Waals surface area contributed by atoms with Crippen LogP contribution in [0.3, 0.4) is 0 Å². The highest BCUT2D eigenvalue weighted by Crippen LogP contribution is 2.37. The molecule has 0 amide bonds. The van der Waals surface area contributed by atoms with E-state index in [2.05, 4.69) is 43.5 Å². The number of hydrogen-bond acceptors (Lipinski definition) is 5. The van der Waals surface area contributed by atoms with Crippen molar-refractivity contribution in [2.24, 2.45) is 0 Å². The number of nitrogens with one attached hydrogen (secondary N) is 2. The first-order valence-corrected chi connectivity index (χ1v) is 7.85. The smallest absolute Gasteiger partial charge is 0.223 e. The number of aromatic nitrogens is 2. The second-order valence-electron chi connectivity index (χ2n) is 4.27. The zero-order chi connectivity index (χ0) is 15.4. The highest BCUT2D eigenvalue weighted by atomic mass is 79.9. The number of nitrogens with zero attached hydrogens (tertiary/aromatic N) is 2. The molecule has 112 valence electrons. The molecule has 0 fully saturated rings. The molecular formula is C13H14BrCl2N5. The SMILES string of the molecule is CCCNc1cc(Nc2ccc(Br)c(Cl)c2Cl)nc(N)n1. The van der Waals surface area contributed by atoms with Crippen LogP contribution in [-0.2, 0) is 0 Å². The van der Waals surface area contributed by atoms with E-state index in [-0.39, 0.29) is 5.95 Å². The van der Waals surface area contributed by atoms with E-state index in [0.29, 0.717) is 27.4 Å². The normalized spacial score (nSPS) is 10.5. The van der Waals surface area contributed by atoms with E-state index < -0.39 is 0 Å². The average Bonchev–Trinajstić information content (AvgIpc) is 2.45. The third-order valence-corrected chi connectivity index (χ3v) is 4.37. The Hall–Kier alpha value is -1.24. The van der Waals surface area contributed by atoms with Gasteiger partial charge in [0, 0.05) is 17.1 Å². The van der Waals surface area contributed by atoms with E-state index in [1.807, 2.05) is 0 Å². The second-order valence-corrected chi connectivity index (χ2v) is 5.88. The Morgan fingerprint density at radius 3 is 2.62 bits per heavy atom. The van der Waals surface area contributed by atoms with Gasteiger partial charge in [-0.05, 0) is 34.5 Å². The Morgan fingerprint density at radius 1 is 1.19 bits per heavy atom. The van der Waals surface area contributed by atoms with E-state index in [1.165, 1.54) is 0 Å². The second kappa shape index (κ2) is 7.15. The van der Waals surface area contributed by atoms with Crippen LogP contribution in [0.5, 0.6) is 0 Å². The van der Waals surface area contributed by atoms with Gasteiger partial charge in [0.15, 0.2) is 0 Å². The molecule has 1 heterocycles. The van der Waals surface area contributed by atoms with Crippen LogP contribution in [0.4, 0.5) is 23.3 Å². The van der Waals surface area contributed by atoms with Gasteiger partial charge < -0.3 is 16.4 Å². The van der Waals surface area contributed by atoms with Gasteiger partial charge in [0.1, 0.15) is 11.6 Å². The van der Waals surface area contributed by atoms with Crippen LogP contribution in [0.2, 0.25) is 10.0 Å². The molecule has 2 aromatic rings. The van der Waals surface area contributed by atoms with Gasteiger partial charge in [-0.25, -0.2) is 0 Å². The molecule has 0 atom stereocenters. The minimum Gasteiger partial charge on any atom is -0.370 e. The molecule has 0 radical (unpaired) electrons. The van der Waals surface area contributed by atoms with Crippen LogP contribution in [0.25, 0.3) is 0 Å². The van der Waals surface area contributed by atoms with Crippen molar-refractivity contribution in [1.82, 2.24) is 9.97 Å². The van der Waals surface area contributed by atoms with E-state index in [9.17, 15) is 0 Å². The lowest BCUT2D eigenvalue weighted by atomic mass is 10.3. The van der Waals surface area contributed by atoms with E-state index in [1.54, 1.807) is 18.2 Å². The molecule has 0 aliphatic rings. The molecule has 5 nitrogen and oxygen atoms in total. The third-order valence-electron chi connectivity index (χ3n) is 2.60. The van der Waals surface area contributed by atoms with Crippen molar-refractivity contribution in [3.05, 3.63) is 32.7 Å². The lowest BCUT2D eigenvalue weighted by Crippen LogP contribution is -2.07. The summed E-state index contributed by atoms with van der Waals surface area (Å²) in [4.78, 5) is 8.25. The van der Waals surface area contributed by atoms with Crippen molar-refractivity contribution in [1.29, 1.82) is 0 Å². The van der Waals surface area contributed by atoms with Crippen molar-refractivity contribution < 1.29 is 0 Å². The van der Waals surface area contributed by atoms with Gasteiger partial charge >= 0.3 is 0 Å². The molecule has 0 saturated carbocycles. The van der Waals surface area contributed by atoms with Crippen molar-refractivity contribution in [3.8, 4) is 0 Å². The maximum Gasteiger partial charge on any atom is 0.223 e. The van der Waals surface area contributed by atoms with Crippen LogP contribution in [-0.4, -0.2) is 16.5 Å². The fourth-order valence-corrected chi connectivity index (χ4v) is 2.46. The Kier molecular flexibility index (Phi) is 5.50. The molecule has 1 aromatic heterocycles. The number of nitrogen functional groups attached to an aromatic ring is 1. The minimum atomic E-state index is 0.179. The third kappa shape index (κ3) is 4.12. The van der Waals surface area contributed by atoms with Crippen LogP contribution in [0.1, 0.15) is 13.3 Å². The molecule has 0 spiro atoms. The molecule has 0 aliphatic carbocycles. The van der Waals surface area contributed by atoms with Crippen molar-refractivity contribution in [2.75, 3.05) is 22.9 Å². The Balaban J connectivity index is 2.27. The van der Waals surface area contributed by atoms with Gasteiger partial charge in [-0.2, -0.15) is 9.97 Å². The predicted octanol–water partition coefficient (Wildman–Crippen LogP) is 4.69. The van der Waals surface area contributed by atoms with E-state index in [0.717, 1.165) is 17.4 Å². The van der Waals surface area contributed by atoms with Gasteiger partial charge in [0.25, 0.3) is 0 Å². The first kappa shape index (κ1) is 16.1. The average molecular weight is 391 g/mol. The molecule has 4 N–H and O–H groups in total. The topological polar surface area (TPSA) is 75.9 Å². The summed E-state index contributed by atoms with van der Waals surface area (Å²) in [6, 6.07) is 5.37. The Labute approximate surface area is 141 Å². The summed E-state index contributed by atoms with van der Waals surface area (Å²) in [6.45, 7) is 2.88. The fourth-order valence-electron chi connectivity index (χ4n) is 1.63. The monoisotopic (exact) mass is 389 g/mol. The van der Waals surface area contributed by atoms with E-state index in [4.69, 9.17) is 28.9 Å². The lowest BCUT2D eigenvalue weighted by molar-refractivity contribution is 0.967. The number of benzene rings is 1. The summed E-state index contributed by atoms with van der Waals surface area (Å²) in [5.41, 5.74) is 6.35. The summed E-state index contributed by atoms with van der Waals surface area (Å²) in [5, 5.41) is 7.09. The minimum absolute atomic E-state index is 0.179. The molecule has 21 heavy (non-hydrogen) atoms. The molecule has 0 bridgehead atoms. The standard InChI is InChI=1S/C13H14BrCl2N5/c1-2-5-18-9-6-10(21-13(17)20-9)19-8-4-3-7(14)11(15)12(8)16/h3-4,6H,2,5H2,1H3,(H4,17,18,19,20,21).